The first kappa shape index (κ1) is 26.7. The van der Waals surface area contributed by atoms with Gasteiger partial charge in [-0.3, -0.25) is 19.7 Å². The van der Waals surface area contributed by atoms with E-state index in [2.05, 4.69) is 10.1 Å². The molecule has 1 amide bonds. The Balaban J connectivity index is 1.91. The Hall–Kier alpha value is -3.51. The molecule has 1 fully saturated rings. The van der Waals surface area contributed by atoms with Crippen molar-refractivity contribution in [1.82, 2.24) is 5.32 Å². The number of nitro groups is 1. The van der Waals surface area contributed by atoms with Crippen LogP contribution in [0, 0.1) is 16.0 Å². The molecule has 0 spiro atoms. The van der Waals surface area contributed by atoms with Gasteiger partial charge in [0.2, 0.25) is 5.91 Å². The van der Waals surface area contributed by atoms with Gasteiger partial charge in [-0.2, -0.15) is 4.79 Å². The number of non-ortho nitro benzene ring substituents is 1. The predicted molar refractivity (Wildman–Crippen MR) is 114 cm³/mol. The summed E-state index contributed by atoms with van der Waals surface area (Å²) in [6, 6.07) is 4.59. The van der Waals surface area contributed by atoms with Crippen molar-refractivity contribution in [3.63, 3.8) is 0 Å². The minimum absolute atomic E-state index is 0.0842. The lowest BCUT2D eigenvalue weighted by Gasteiger charge is -2.45. The molecular formula is C21H26N4O9. The highest BCUT2D eigenvalue weighted by atomic mass is 16.7. The second kappa shape index (κ2) is 12.1. The maximum atomic E-state index is 12.6. The molecule has 1 aromatic rings. The van der Waals surface area contributed by atoms with Crippen molar-refractivity contribution in [2.24, 2.45) is 5.92 Å². The van der Waals surface area contributed by atoms with E-state index in [1.165, 1.54) is 31.4 Å². The maximum Gasteiger partial charge on any atom is 0.441 e. The fourth-order valence-corrected chi connectivity index (χ4v) is 3.33. The van der Waals surface area contributed by atoms with Crippen molar-refractivity contribution in [3.8, 4) is 0 Å². The summed E-state index contributed by atoms with van der Waals surface area (Å²) in [6.07, 6.45) is -0.320. The molecule has 0 aliphatic carbocycles. The summed E-state index contributed by atoms with van der Waals surface area (Å²) >= 11 is 0. The van der Waals surface area contributed by atoms with Gasteiger partial charge in [0, 0.05) is 25.7 Å². The number of ketones is 1. The van der Waals surface area contributed by atoms with Crippen molar-refractivity contribution < 1.29 is 43.0 Å². The summed E-state index contributed by atoms with van der Waals surface area (Å²) in [5, 5.41) is 13.3. The lowest BCUT2D eigenvalue weighted by molar-refractivity contribution is -0.384. The highest BCUT2D eigenvalue weighted by molar-refractivity contribution is 6.62. The van der Waals surface area contributed by atoms with Crippen LogP contribution in [0.4, 0.5) is 5.69 Å². The summed E-state index contributed by atoms with van der Waals surface area (Å²) in [7, 11) is 1.53. The van der Waals surface area contributed by atoms with Crippen LogP contribution in [-0.4, -0.2) is 71.8 Å². The Bertz CT molecular complexity index is 971. The van der Waals surface area contributed by atoms with Gasteiger partial charge in [-0.05, 0) is 31.5 Å². The van der Waals surface area contributed by atoms with Gasteiger partial charge < -0.3 is 29.8 Å². The molecule has 13 heteroatoms. The number of amides is 1. The molecule has 0 aromatic heterocycles. The second-order valence-electron chi connectivity index (χ2n) is 7.94. The lowest BCUT2D eigenvalue weighted by atomic mass is 9.75. The van der Waals surface area contributed by atoms with Crippen LogP contribution < -0.4 is 5.32 Å². The number of Topliss-reactive ketones (excluding diaryl/α,β-unsaturated/α-hetero) is 1. The molecule has 0 radical (unpaired) electrons. The van der Waals surface area contributed by atoms with Gasteiger partial charge in [-0.1, -0.05) is 0 Å². The Labute approximate surface area is 195 Å². The molecule has 2 atom stereocenters. The van der Waals surface area contributed by atoms with Crippen LogP contribution in [0.3, 0.4) is 0 Å². The lowest BCUT2D eigenvalue weighted by Crippen LogP contribution is -2.66. The van der Waals surface area contributed by atoms with Crippen molar-refractivity contribution in [2.45, 2.75) is 38.5 Å². The van der Waals surface area contributed by atoms with E-state index >= 15 is 0 Å². The number of nitro benzene ring substituents is 1. The van der Waals surface area contributed by atoms with Crippen LogP contribution in [0.15, 0.2) is 24.3 Å². The normalized spacial score (nSPS) is 17.2. The van der Waals surface area contributed by atoms with E-state index in [9.17, 15) is 30.0 Å². The number of carbonyl (C=O) groups is 3. The summed E-state index contributed by atoms with van der Waals surface area (Å²) in [5.41, 5.74) is 7.67. The molecule has 184 valence electrons. The van der Waals surface area contributed by atoms with Crippen LogP contribution in [0.5, 0.6) is 0 Å². The summed E-state index contributed by atoms with van der Waals surface area (Å²) in [5.74, 6) is -3.05. The van der Waals surface area contributed by atoms with Crippen molar-refractivity contribution >= 4 is 29.1 Å². The summed E-state index contributed by atoms with van der Waals surface area (Å²) < 4.78 is 20.7. The first-order valence-electron chi connectivity index (χ1n) is 10.3. The molecule has 34 heavy (non-hydrogen) atoms. The number of hydrogen-bond donors (Lipinski definition) is 1. The molecular weight excluding hydrogens is 452 g/mol. The molecule has 1 aliphatic rings. The quantitative estimate of drug-likeness (QED) is 0.0386. The molecule has 1 heterocycles. The third-order valence-electron chi connectivity index (χ3n) is 5.19. The SMILES string of the molecule is COCCOCOC(C)(C)C1C(=O)NC1CC(=O)C(=[N+]=[N-])C(=O)OCc1ccc([N+](=O)[O-])cc1. The number of nitrogens with zero attached hydrogens (tertiary/aromatic N) is 3. The summed E-state index contributed by atoms with van der Waals surface area (Å²) in [4.78, 5) is 49.8. The highest BCUT2D eigenvalue weighted by Crippen LogP contribution is 2.32. The van der Waals surface area contributed by atoms with E-state index in [1.54, 1.807) is 13.8 Å². The molecule has 2 unspecified atom stereocenters. The monoisotopic (exact) mass is 478 g/mol. The van der Waals surface area contributed by atoms with E-state index in [0.717, 1.165) is 0 Å². The first-order chi connectivity index (χ1) is 16.1. The zero-order valence-electron chi connectivity index (χ0n) is 19.0. The zero-order chi connectivity index (χ0) is 25.3. The zero-order valence-corrected chi connectivity index (χ0v) is 19.0. The molecule has 2 rings (SSSR count). The van der Waals surface area contributed by atoms with E-state index in [4.69, 9.17) is 18.9 Å². The van der Waals surface area contributed by atoms with Crippen LogP contribution in [-0.2, 0) is 39.9 Å². The van der Waals surface area contributed by atoms with Crippen molar-refractivity contribution in [3.05, 3.63) is 45.5 Å². The molecule has 1 aromatic carbocycles. The highest BCUT2D eigenvalue weighted by Gasteiger charge is 2.51. The van der Waals surface area contributed by atoms with Crippen LogP contribution in [0.25, 0.3) is 5.53 Å². The maximum absolute atomic E-state index is 12.6. The van der Waals surface area contributed by atoms with Gasteiger partial charge in [0.25, 0.3) is 11.5 Å². The Morgan fingerprint density at radius 1 is 1.24 bits per heavy atom. The number of methoxy groups -OCH3 is 1. The number of carbonyl (C=O) groups excluding carboxylic acids is 3. The van der Waals surface area contributed by atoms with Gasteiger partial charge in [-0.15, -0.1) is 0 Å². The summed E-state index contributed by atoms with van der Waals surface area (Å²) in [6.45, 7) is 3.66. The number of rotatable bonds is 14. The van der Waals surface area contributed by atoms with E-state index in [0.29, 0.717) is 18.8 Å². The fourth-order valence-electron chi connectivity index (χ4n) is 3.33. The van der Waals surface area contributed by atoms with E-state index in [-0.39, 0.29) is 31.4 Å². The second-order valence-corrected chi connectivity index (χ2v) is 7.94. The topological polar surface area (TPSA) is 180 Å². The van der Waals surface area contributed by atoms with E-state index < -0.39 is 39.9 Å². The van der Waals surface area contributed by atoms with Gasteiger partial charge in [-0.25, -0.2) is 4.79 Å². The van der Waals surface area contributed by atoms with Gasteiger partial charge in [0.15, 0.2) is 0 Å². The molecule has 13 nitrogen and oxygen atoms in total. The Kier molecular flexibility index (Phi) is 9.51. The first-order valence-corrected chi connectivity index (χ1v) is 10.3. The molecule has 1 saturated heterocycles. The number of nitrogens with one attached hydrogen (secondary N) is 1. The third kappa shape index (κ3) is 6.99. The van der Waals surface area contributed by atoms with Crippen molar-refractivity contribution in [2.75, 3.05) is 27.1 Å². The van der Waals surface area contributed by atoms with Gasteiger partial charge >= 0.3 is 11.7 Å². The molecule has 0 bridgehead atoms. The standard InChI is InChI=1S/C21H26N4O9/c1-21(2,34-12-32-9-8-31-3)17-15(23-19(17)27)10-16(26)18(24-22)20(28)33-11-13-4-6-14(7-5-13)25(29)30/h4-7,15,17H,8-12H2,1-3H3,(H,23,27). The third-order valence-corrected chi connectivity index (χ3v) is 5.19. The van der Waals surface area contributed by atoms with Gasteiger partial charge in [0.1, 0.15) is 13.4 Å². The smallest absolute Gasteiger partial charge is 0.441 e. The van der Waals surface area contributed by atoms with E-state index in [1.807, 2.05) is 0 Å². The average molecular weight is 478 g/mol. The largest absolute Gasteiger partial charge is 0.452 e. The Morgan fingerprint density at radius 3 is 2.47 bits per heavy atom. The van der Waals surface area contributed by atoms with Crippen LogP contribution in [0.1, 0.15) is 25.8 Å². The minimum atomic E-state index is -1.17. The predicted octanol–water partition coefficient (Wildman–Crippen LogP) is 0.798. The number of ether oxygens (including phenoxy) is 4. The van der Waals surface area contributed by atoms with Crippen molar-refractivity contribution in [1.29, 1.82) is 0 Å². The average Bonchev–Trinajstić information content (AvgIpc) is 2.77. The van der Waals surface area contributed by atoms with Crippen LogP contribution in [0.2, 0.25) is 0 Å². The number of benzene rings is 1. The fraction of sp³-hybridized carbons (Fsp3) is 0.524. The number of β-lactam (4-membered cyclic amide) rings is 1. The molecule has 1 aliphatic heterocycles. The minimum Gasteiger partial charge on any atom is -0.452 e. The van der Waals surface area contributed by atoms with Gasteiger partial charge in [0.05, 0.1) is 35.7 Å². The number of esters is 1. The Morgan fingerprint density at radius 2 is 1.91 bits per heavy atom. The molecule has 1 N–H and O–H groups in total. The van der Waals surface area contributed by atoms with Crippen LogP contribution >= 0.6 is 0 Å². The molecule has 0 saturated carbocycles. The number of hydrogen-bond acceptors (Lipinski definition) is 9.